The molecule has 1 aromatic carbocycles. The number of hydrogen-bond acceptors (Lipinski definition) is 5. The lowest BCUT2D eigenvalue weighted by Gasteiger charge is -2.14. The van der Waals surface area contributed by atoms with Crippen LogP contribution in [0, 0.1) is 0 Å². The number of urea groups is 1. The molecule has 3 amide bonds. The van der Waals surface area contributed by atoms with E-state index in [2.05, 4.69) is 10.6 Å². The molecule has 1 atom stereocenters. The summed E-state index contributed by atoms with van der Waals surface area (Å²) >= 11 is 0. The second-order valence-corrected chi connectivity index (χ2v) is 5.86. The van der Waals surface area contributed by atoms with Crippen LogP contribution < -0.4 is 15.4 Å². The van der Waals surface area contributed by atoms with Crippen LogP contribution in [0.1, 0.15) is 45.0 Å². The molecule has 0 spiro atoms. The molecule has 0 saturated carbocycles. The highest BCUT2D eigenvalue weighted by Crippen LogP contribution is 2.15. The molecule has 7 heteroatoms. The first-order chi connectivity index (χ1) is 11.2. The van der Waals surface area contributed by atoms with Crippen molar-refractivity contribution in [2.24, 2.45) is 0 Å². The van der Waals surface area contributed by atoms with Crippen molar-refractivity contribution in [3.63, 3.8) is 0 Å². The Hall–Kier alpha value is -2.57. The van der Waals surface area contributed by atoms with Gasteiger partial charge in [0, 0.05) is 6.04 Å². The van der Waals surface area contributed by atoms with Crippen molar-refractivity contribution in [3.8, 4) is 5.75 Å². The van der Waals surface area contributed by atoms with Crippen molar-refractivity contribution in [1.29, 1.82) is 0 Å². The van der Waals surface area contributed by atoms with E-state index in [1.165, 1.54) is 6.92 Å². The van der Waals surface area contributed by atoms with E-state index in [1.54, 1.807) is 38.1 Å². The molecule has 0 bridgehead atoms. The van der Waals surface area contributed by atoms with Crippen LogP contribution in [0.4, 0.5) is 4.79 Å². The first-order valence-corrected chi connectivity index (χ1v) is 7.78. The Morgan fingerprint density at radius 2 is 1.54 bits per heavy atom. The van der Waals surface area contributed by atoms with Crippen LogP contribution >= 0.6 is 0 Å². The van der Waals surface area contributed by atoms with Crippen LogP contribution in [-0.4, -0.2) is 36.2 Å². The molecule has 24 heavy (non-hydrogen) atoms. The highest BCUT2D eigenvalue weighted by atomic mass is 16.5. The van der Waals surface area contributed by atoms with Gasteiger partial charge in [-0.1, -0.05) is 0 Å². The van der Waals surface area contributed by atoms with E-state index in [9.17, 15) is 14.4 Å². The predicted octanol–water partition coefficient (Wildman–Crippen LogP) is 2.25. The average molecular weight is 336 g/mol. The highest BCUT2D eigenvalue weighted by molar-refractivity contribution is 5.98. The van der Waals surface area contributed by atoms with Crippen LogP contribution in [0.25, 0.3) is 0 Å². The van der Waals surface area contributed by atoms with Crippen molar-refractivity contribution < 1.29 is 23.9 Å². The summed E-state index contributed by atoms with van der Waals surface area (Å²) in [7, 11) is 0. The maximum atomic E-state index is 12.0. The van der Waals surface area contributed by atoms with Gasteiger partial charge < -0.3 is 14.8 Å². The molecular formula is C17H24N2O5. The van der Waals surface area contributed by atoms with E-state index in [1.807, 2.05) is 13.8 Å². The summed E-state index contributed by atoms with van der Waals surface area (Å²) in [5, 5.41) is 4.62. The van der Waals surface area contributed by atoms with Crippen molar-refractivity contribution >= 4 is 17.9 Å². The molecule has 0 unspecified atom stereocenters. The van der Waals surface area contributed by atoms with Crippen LogP contribution in [0.3, 0.4) is 0 Å². The second kappa shape index (κ2) is 8.90. The number of esters is 1. The van der Waals surface area contributed by atoms with Gasteiger partial charge in [0.25, 0.3) is 5.91 Å². The minimum Gasteiger partial charge on any atom is -0.491 e. The molecule has 7 nitrogen and oxygen atoms in total. The fourth-order valence-corrected chi connectivity index (χ4v) is 1.74. The molecule has 0 radical (unpaired) electrons. The molecule has 132 valence electrons. The van der Waals surface area contributed by atoms with Crippen molar-refractivity contribution in [2.45, 2.75) is 52.9 Å². The topological polar surface area (TPSA) is 93.7 Å². The van der Waals surface area contributed by atoms with E-state index >= 15 is 0 Å². The Labute approximate surface area is 141 Å². The lowest BCUT2D eigenvalue weighted by atomic mass is 10.2. The summed E-state index contributed by atoms with van der Waals surface area (Å²) in [6.45, 7) is 8.72. The van der Waals surface area contributed by atoms with Gasteiger partial charge in [-0.15, -0.1) is 0 Å². The molecule has 0 heterocycles. The number of benzene rings is 1. The Bertz CT molecular complexity index is 581. The van der Waals surface area contributed by atoms with Gasteiger partial charge in [-0.3, -0.25) is 10.1 Å². The zero-order chi connectivity index (χ0) is 18.3. The van der Waals surface area contributed by atoms with Crippen LogP contribution in [0.2, 0.25) is 0 Å². The fraction of sp³-hybridized carbons (Fsp3) is 0.471. The van der Waals surface area contributed by atoms with Gasteiger partial charge in [-0.2, -0.15) is 0 Å². The molecule has 1 rings (SSSR count). The third kappa shape index (κ3) is 6.68. The van der Waals surface area contributed by atoms with Gasteiger partial charge in [-0.25, -0.2) is 9.59 Å². The summed E-state index contributed by atoms with van der Waals surface area (Å²) in [5.41, 5.74) is 0.289. The summed E-state index contributed by atoms with van der Waals surface area (Å²) in [6, 6.07) is 5.66. The maximum Gasteiger partial charge on any atom is 0.338 e. The number of hydrogen-bond donors (Lipinski definition) is 2. The van der Waals surface area contributed by atoms with Crippen molar-refractivity contribution in [2.75, 3.05) is 0 Å². The van der Waals surface area contributed by atoms with Crippen molar-refractivity contribution in [1.82, 2.24) is 10.6 Å². The smallest absolute Gasteiger partial charge is 0.338 e. The number of nitrogens with one attached hydrogen (secondary N) is 2. The van der Waals surface area contributed by atoms with Crippen molar-refractivity contribution in [3.05, 3.63) is 29.8 Å². The molecule has 0 saturated heterocycles. The number of carbonyl (C=O) groups is 3. The molecule has 0 aliphatic heterocycles. The van der Waals surface area contributed by atoms with Gasteiger partial charge in [0.2, 0.25) is 0 Å². The van der Waals surface area contributed by atoms with Crippen LogP contribution in [-0.2, 0) is 9.53 Å². The predicted molar refractivity (Wildman–Crippen MR) is 88.9 cm³/mol. The largest absolute Gasteiger partial charge is 0.491 e. The number of rotatable bonds is 6. The first kappa shape index (κ1) is 19.5. The Balaban J connectivity index is 2.56. The zero-order valence-electron chi connectivity index (χ0n) is 14.6. The SMILES string of the molecule is CC(C)NC(=O)NC(=O)[C@H](C)OC(=O)c1ccc(OC(C)C)cc1. The lowest BCUT2D eigenvalue weighted by molar-refractivity contribution is -0.127. The summed E-state index contributed by atoms with van der Waals surface area (Å²) in [6.07, 6.45) is -1.06. The molecule has 0 aliphatic rings. The molecular weight excluding hydrogens is 312 g/mol. The number of ether oxygens (including phenoxy) is 2. The first-order valence-electron chi connectivity index (χ1n) is 7.78. The summed E-state index contributed by atoms with van der Waals surface area (Å²) in [5.74, 6) is -0.711. The number of carbonyl (C=O) groups excluding carboxylic acids is 3. The highest BCUT2D eigenvalue weighted by Gasteiger charge is 2.21. The van der Waals surface area contributed by atoms with E-state index in [0.717, 1.165) is 0 Å². The van der Waals surface area contributed by atoms with Crippen LogP contribution in [0.15, 0.2) is 24.3 Å². The molecule has 0 aliphatic carbocycles. The van der Waals surface area contributed by atoms with Gasteiger partial charge in [0.1, 0.15) is 5.75 Å². The van der Waals surface area contributed by atoms with Gasteiger partial charge in [0.05, 0.1) is 11.7 Å². The molecule has 2 N–H and O–H groups in total. The lowest BCUT2D eigenvalue weighted by Crippen LogP contribution is -2.46. The fourth-order valence-electron chi connectivity index (χ4n) is 1.74. The monoisotopic (exact) mass is 336 g/mol. The maximum absolute atomic E-state index is 12.0. The Kier molecular flexibility index (Phi) is 7.23. The quantitative estimate of drug-likeness (QED) is 0.777. The summed E-state index contributed by atoms with van der Waals surface area (Å²) < 4.78 is 10.5. The Morgan fingerprint density at radius 3 is 2.04 bits per heavy atom. The minimum atomic E-state index is -1.10. The Morgan fingerprint density at radius 1 is 0.958 bits per heavy atom. The van der Waals surface area contributed by atoms with E-state index in [4.69, 9.17) is 9.47 Å². The van der Waals surface area contributed by atoms with Gasteiger partial charge in [0.15, 0.2) is 6.10 Å². The third-order valence-electron chi connectivity index (χ3n) is 2.77. The third-order valence-corrected chi connectivity index (χ3v) is 2.77. The average Bonchev–Trinajstić information content (AvgIpc) is 2.46. The van der Waals surface area contributed by atoms with E-state index in [-0.39, 0.29) is 17.7 Å². The van der Waals surface area contributed by atoms with Gasteiger partial charge in [-0.05, 0) is 58.9 Å². The standard InChI is InChI=1S/C17H24N2O5/c1-10(2)18-17(22)19-15(20)12(5)24-16(21)13-6-8-14(9-7-13)23-11(3)4/h6-12H,1-5H3,(H2,18,19,20,22)/t12-/m0/s1. The second-order valence-electron chi connectivity index (χ2n) is 5.86. The van der Waals surface area contributed by atoms with Gasteiger partial charge >= 0.3 is 12.0 Å². The summed E-state index contributed by atoms with van der Waals surface area (Å²) in [4.78, 5) is 35.3. The van der Waals surface area contributed by atoms with Crippen LogP contribution in [0.5, 0.6) is 5.75 Å². The normalized spacial score (nSPS) is 11.8. The van der Waals surface area contributed by atoms with E-state index in [0.29, 0.717) is 5.75 Å². The van der Waals surface area contributed by atoms with E-state index < -0.39 is 24.0 Å². The number of amides is 3. The molecule has 1 aromatic rings. The minimum absolute atomic E-state index is 0.0310. The zero-order valence-corrected chi connectivity index (χ0v) is 14.6. The molecule has 0 aromatic heterocycles. The number of imide groups is 1. The molecule has 0 fully saturated rings.